The number of hydrogen-bond acceptors (Lipinski definition) is 1. The molecule has 0 unspecified atom stereocenters. The van der Waals surface area contributed by atoms with E-state index >= 15 is 0 Å². The highest BCUT2D eigenvalue weighted by molar-refractivity contribution is 6.31. The van der Waals surface area contributed by atoms with Gasteiger partial charge in [0.1, 0.15) is 0 Å². The van der Waals surface area contributed by atoms with Crippen LogP contribution in [0.15, 0.2) is 12.1 Å². The molecule has 1 N–H and O–H groups in total. The summed E-state index contributed by atoms with van der Waals surface area (Å²) in [4.78, 5) is 11.0. The highest BCUT2D eigenvalue weighted by Crippen LogP contribution is 2.27. The van der Waals surface area contributed by atoms with E-state index in [0.29, 0.717) is 11.4 Å². The van der Waals surface area contributed by atoms with E-state index in [0.717, 1.165) is 16.7 Å². The predicted molar refractivity (Wildman–Crippen MR) is 66.0 cm³/mol. The molecule has 0 spiro atoms. The number of aryl methyl sites for hydroxylation is 1. The highest BCUT2D eigenvalue weighted by Gasteiger charge is 2.27. The Kier molecular flexibility index (Phi) is 3.64. The van der Waals surface area contributed by atoms with Crippen LogP contribution in [-0.2, 0) is 11.2 Å². The van der Waals surface area contributed by atoms with Crippen molar-refractivity contribution >= 4 is 17.6 Å². The lowest BCUT2D eigenvalue weighted by atomic mass is 9.85. The van der Waals surface area contributed by atoms with Crippen molar-refractivity contribution in [2.24, 2.45) is 5.41 Å². The van der Waals surface area contributed by atoms with Gasteiger partial charge in [-0.1, -0.05) is 17.7 Å². The molecule has 0 aliphatic rings. The van der Waals surface area contributed by atoms with Crippen LogP contribution in [0.5, 0.6) is 0 Å². The summed E-state index contributed by atoms with van der Waals surface area (Å²) in [5, 5.41) is 9.77. The van der Waals surface area contributed by atoms with Crippen LogP contribution in [0.2, 0.25) is 5.02 Å². The summed E-state index contributed by atoms with van der Waals surface area (Å²) >= 11 is 6.08. The first-order valence-corrected chi connectivity index (χ1v) is 5.61. The SMILES string of the molecule is Cc1cc(CC(C)(C)C(=O)O)cc(Cl)c1C. The van der Waals surface area contributed by atoms with Crippen LogP contribution in [0.4, 0.5) is 0 Å². The maximum atomic E-state index is 11.0. The molecule has 0 saturated carbocycles. The molecule has 2 nitrogen and oxygen atoms in total. The third-order valence-electron chi connectivity index (χ3n) is 2.89. The summed E-state index contributed by atoms with van der Waals surface area (Å²) in [6.07, 6.45) is 0.489. The molecule has 1 aromatic carbocycles. The van der Waals surface area contributed by atoms with Crippen molar-refractivity contribution in [3.8, 4) is 0 Å². The Bertz CT molecular complexity index is 399. The number of aliphatic carboxylic acids is 1. The van der Waals surface area contributed by atoms with Gasteiger partial charge in [0.25, 0.3) is 0 Å². The van der Waals surface area contributed by atoms with Gasteiger partial charge >= 0.3 is 5.97 Å². The number of halogens is 1. The Morgan fingerprint density at radius 2 is 1.94 bits per heavy atom. The molecule has 0 aliphatic carbocycles. The molecule has 0 radical (unpaired) electrons. The average molecular weight is 241 g/mol. The van der Waals surface area contributed by atoms with Gasteiger partial charge in [-0.25, -0.2) is 0 Å². The van der Waals surface area contributed by atoms with Crippen molar-refractivity contribution in [2.45, 2.75) is 34.1 Å². The van der Waals surface area contributed by atoms with E-state index in [1.54, 1.807) is 13.8 Å². The normalized spacial score (nSPS) is 11.6. The van der Waals surface area contributed by atoms with Crippen molar-refractivity contribution in [3.05, 3.63) is 33.8 Å². The monoisotopic (exact) mass is 240 g/mol. The fourth-order valence-corrected chi connectivity index (χ4v) is 1.86. The van der Waals surface area contributed by atoms with Gasteiger partial charge in [0.05, 0.1) is 5.41 Å². The largest absolute Gasteiger partial charge is 0.481 e. The molecule has 16 heavy (non-hydrogen) atoms. The van der Waals surface area contributed by atoms with Crippen LogP contribution in [0, 0.1) is 19.3 Å². The van der Waals surface area contributed by atoms with Gasteiger partial charge in [-0.2, -0.15) is 0 Å². The van der Waals surface area contributed by atoms with Crippen molar-refractivity contribution < 1.29 is 9.90 Å². The minimum Gasteiger partial charge on any atom is -0.481 e. The predicted octanol–water partition coefficient (Wildman–Crippen LogP) is 3.61. The van der Waals surface area contributed by atoms with Crippen LogP contribution >= 0.6 is 11.6 Å². The fraction of sp³-hybridized carbons (Fsp3) is 0.462. The average Bonchev–Trinajstić information content (AvgIpc) is 2.13. The third-order valence-corrected chi connectivity index (χ3v) is 3.28. The quantitative estimate of drug-likeness (QED) is 0.876. The lowest BCUT2D eigenvalue weighted by molar-refractivity contribution is -0.146. The first-order valence-electron chi connectivity index (χ1n) is 5.23. The molecule has 0 amide bonds. The van der Waals surface area contributed by atoms with E-state index in [-0.39, 0.29) is 0 Å². The lowest BCUT2D eigenvalue weighted by Crippen LogP contribution is -2.26. The zero-order valence-electron chi connectivity index (χ0n) is 10.1. The molecule has 1 rings (SSSR count). The number of rotatable bonds is 3. The summed E-state index contributed by atoms with van der Waals surface area (Å²) in [6.45, 7) is 7.39. The van der Waals surface area contributed by atoms with E-state index in [2.05, 4.69) is 0 Å². The van der Waals surface area contributed by atoms with Crippen molar-refractivity contribution in [2.75, 3.05) is 0 Å². The Morgan fingerprint density at radius 1 is 1.38 bits per heavy atom. The molecule has 0 heterocycles. The second-order valence-corrected chi connectivity index (χ2v) is 5.29. The van der Waals surface area contributed by atoms with Crippen LogP contribution < -0.4 is 0 Å². The van der Waals surface area contributed by atoms with Gasteiger partial charge in [-0.15, -0.1) is 0 Å². The molecule has 0 aliphatic heterocycles. The topological polar surface area (TPSA) is 37.3 Å². The van der Waals surface area contributed by atoms with E-state index in [9.17, 15) is 4.79 Å². The Hall–Kier alpha value is -1.02. The number of hydrogen-bond donors (Lipinski definition) is 1. The molecule has 0 fully saturated rings. The second-order valence-electron chi connectivity index (χ2n) is 4.89. The van der Waals surface area contributed by atoms with Crippen LogP contribution in [0.3, 0.4) is 0 Å². The summed E-state index contributed by atoms with van der Waals surface area (Å²) in [7, 11) is 0. The van der Waals surface area contributed by atoms with E-state index in [1.165, 1.54) is 0 Å². The highest BCUT2D eigenvalue weighted by atomic mass is 35.5. The third kappa shape index (κ3) is 2.76. The smallest absolute Gasteiger partial charge is 0.309 e. The lowest BCUT2D eigenvalue weighted by Gasteiger charge is -2.19. The first-order chi connectivity index (χ1) is 7.24. The van der Waals surface area contributed by atoms with Crippen LogP contribution in [0.1, 0.15) is 30.5 Å². The van der Waals surface area contributed by atoms with E-state index in [4.69, 9.17) is 16.7 Å². The number of benzene rings is 1. The van der Waals surface area contributed by atoms with Gasteiger partial charge < -0.3 is 5.11 Å². The molecule has 0 saturated heterocycles. The van der Waals surface area contributed by atoms with Crippen LogP contribution in [-0.4, -0.2) is 11.1 Å². The van der Waals surface area contributed by atoms with E-state index < -0.39 is 11.4 Å². The van der Waals surface area contributed by atoms with Crippen molar-refractivity contribution in [1.29, 1.82) is 0 Å². The summed E-state index contributed by atoms with van der Waals surface area (Å²) in [5.41, 5.74) is 2.37. The Labute approximate surface area is 101 Å². The van der Waals surface area contributed by atoms with Gasteiger partial charge in [0, 0.05) is 5.02 Å². The maximum absolute atomic E-state index is 11.0. The minimum absolute atomic E-state index is 0.489. The molecule has 0 bridgehead atoms. The van der Waals surface area contributed by atoms with Gasteiger partial charge in [-0.05, 0) is 56.9 Å². The number of carboxylic acids is 1. The molecular weight excluding hydrogens is 224 g/mol. The summed E-state index contributed by atoms with van der Waals surface area (Å²) in [5.74, 6) is -0.790. The Balaban J connectivity index is 3.04. The molecule has 0 atom stereocenters. The zero-order chi connectivity index (χ0) is 12.5. The van der Waals surface area contributed by atoms with Crippen molar-refractivity contribution in [3.63, 3.8) is 0 Å². The maximum Gasteiger partial charge on any atom is 0.309 e. The zero-order valence-corrected chi connectivity index (χ0v) is 10.9. The minimum atomic E-state index is -0.790. The van der Waals surface area contributed by atoms with E-state index in [1.807, 2.05) is 26.0 Å². The molecule has 88 valence electrons. The van der Waals surface area contributed by atoms with Gasteiger partial charge in [0.2, 0.25) is 0 Å². The molecule has 1 aromatic rings. The van der Waals surface area contributed by atoms with Crippen molar-refractivity contribution in [1.82, 2.24) is 0 Å². The number of carbonyl (C=O) groups is 1. The molecule has 0 aromatic heterocycles. The standard InChI is InChI=1S/C13H17ClO2/c1-8-5-10(6-11(14)9(8)2)7-13(3,4)12(15)16/h5-6H,7H2,1-4H3,(H,15,16). The molecular formula is C13H17ClO2. The van der Waals surface area contributed by atoms with Gasteiger partial charge in [-0.3, -0.25) is 4.79 Å². The summed E-state index contributed by atoms with van der Waals surface area (Å²) in [6, 6.07) is 3.86. The van der Waals surface area contributed by atoms with Crippen LogP contribution in [0.25, 0.3) is 0 Å². The van der Waals surface area contributed by atoms with Gasteiger partial charge in [0.15, 0.2) is 0 Å². The first kappa shape index (κ1) is 13.0. The fourth-order valence-electron chi connectivity index (χ4n) is 1.58. The molecule has 3 heteroatoms. The Morgan fingerprint density at radius 3 is 2.38 bits per heavy atom. The number of carboxylic acid groups (broad SMARTS) is 1. The second kappa shape index (κ2) is 4.46. The summed E-state index contributed by atoms with van der Waals surface area (Å²) < 4.78 is 0.